The summed E-state index contributed by atoms with van der Waals surface area (Å²) in [6.07, 6.45) is 1.42. The van der Waals surface area contributed by atoms with Crippen molar-refractivity contribution in [3.05, 3.63) is 0 Å². The number of hydrogen-bond acceptors (Lipinski definition) is 2. The van der Waals surface area contributed by atoms with Gasteiger partial charge in [0.15, 0.2) is 0 Å². The van der Waals surface area contributed by atoms with Crippen LogP contribution in [0.2, 0.25) is 0 Å². The first kappa shape index (κ1) is 8.45. The highest BCUT2D eigenvalue weighted by Crippen LogP contribution is 2.20. The molecule has 12 heavy (non-hydrogen) atoms. The zero-order valence-electron chi connectivity index (χ0n) is 7.67. The quantitative estimate of drug-likeness (QED) is 0.575. The predicted octanol–water partition coefficient (Wildman–Crippen LogP) is 0.734. The van der Waals surface area contributed by atoms with Crippen LogP contribution in [0.5, 0.6) is 0 Å². The fourth-order valence-electron chi connectivity index (χ4n) is 2.28. The fraction of sp³-hybridized carbons (Fsp3) is 1.00. The maximum atomic E-state index is 12.9. The Morgan fingerprint density at radius 3 is 2.50 bits per heavy atom. The monoisotopic (exact) mass is 172 g/mol. The summed E-state index contributed by atoms with van der Waals surface area (Å²) in [5.41, 5.74) is 0. The van der Waals surface area contributed by atoms with Crippen molar-refractivity contribution >= 4 is 0 Å². The van der Waals surface area contributed by atoms with Gasteiger partial charge in [0, 0.05) is 25.7 Å². The molecule has 2 heterocycles. The zero-order valence-corrected chi connectivity index (χ0v) is 7.67. The van der Waals surface area contributed by atoms with E-state index in [-0.39, 0.29) is 0 Å². The second kappa shape index (κ2) is 3.30. The summed E-state index contributed by atoms with van der Waals surface area (Å²) in [7, 11) is 2.14. The molecule has 0 aromatic heterocycles. The van der Waals surface area contributed by atoms with Crippen molar-refractivity contribution in [1.82, 2.24) is 9.80 Å². The molecule has 2 atom stereocenters. The molecule has 2 nitrogen and oxygen atoms in total. The Morgan fingerprint density at radius 1 is 1.17 bits per heavy atom. The highest BCUT2D eigenvalue weighted by Gasteiger charge is 2.31. The first-order valence-electron chi connectivity index (χ1n) is 4.82. The molecule has 2 unspecified atom stereocenters. The number of nitrogens with zero attached hydrogens (tertiary/aromatic N) is 2. The summed E-state index contributed by atoms with van der Waals surface area (Å²) >= 11 is 0. The number of alkyl halides is 1. The van der Waals surface area contributed by atoms with E-state index in [0.717, 1.165) is 19.5 Å². The molecule has 0 N–H and O–H groups in total. The molecule has 0 saturated carbocycles. The van der Waals surface area contributed by atoms with Crippen LogP contribution in [0.4, 0.5) is 4.39 Å². The van der Waals surface area contributed by atoms with Crippen LogP contribution in [0.3, 0.4) is 0 Å². The molecule has 0 spiro atoms. The van der Waals surface area contributed by atoms with Crippen molar-refractivity contribution in [2.24, 2.45) is 0 Å². The van der Waals surface area contributed by atoms with Crippen molar-refractivity contribution < 1.29 is 4.39 Å². The lowest BCUT2D eigenvalue weighted by molar-refractivity contribution is 0.221. The van der Waals surface area contributed by atoms with Crippen LogP contribution in [-0.2, 0) is 0 Å². The topological polar surface area (TPSA) is 6.48 Å². The van der Waals surface area contributed by atoms with Gasteiger partial charge in [-0.3, -0.25) is 4.90 Å². The minimum absolute atomic E-state index is 0.559. The van der Waals surface area contributed by atoms with Gasteiger partial charge >= 0.3 is 0 Å². The summed E-state index contributed by atoms with van der Waals surface area (Å²) in [6, 6.07) is 0.635. The maximum Gasteiger partial charge on any atom is 0.114 e. The summed E-state index contributed by atoms with van der Waals surface area (Å²) in [5, 5.41) is 0. The largest absolute Gasteiger partial charge is 0.305 e. The molecule has 0 radical (unpaired) electrons. The molecule has 0 bridgehead atoms. The van der Waals surface area contributed by atoms with E-state index in [0.29, 0.717) is 12.6 Å². The predicted molar refractivity (Wildman–Crippen MR) is 47.0 cm³/mol. The minimum Gasteiger partial charge on any atom is -0.305 e. The van der Waals surface area contributed by atoms with E-state index in [2.05, 4.69) is 16.8 Å². The molecule has 0 amide bonds. The SMILES string of the molecule is CN1CCC(N2CCC(F)C2)C1. The highest BCUT2D eigenvalue weighted by molar-refractivity contribution is 4.86. The third-order valence-electron chi connectivity index (χ3n) is 3.05. The second-order valence-corrected chi connectivity index (χ2v) is 4.09. The van der Waals surface area contributed by atoms with Gasteiger partial charge in [-0.25, -0.2) is 4.39 Å². The van der Waals surface area contributed by atoms with Gasteiger partial charge in [-0.2, -0.15) is 0 Å². The Morgan fingerprint density at radius 2 is 2.00 bits per heavy atom. The van der Waals surface area contributed by atoms with Gasteiger partial charge in [0.2, 0.25) is 0 Å². The molecule has 3 heteroatoms. The first-order valence-corrected chi connectivity index (χ1v) is 4.82. The summed E-state index contributed by atoms with van der Waals surface area (Å²) < 4.78 is 12.9. The number of hydrogen-bond donors (Lipinski definition) is 0. The van der Waals surface area contributed by atoms with E-state index < -0.39 is 6.17 Å². The Bertz CT molecular complexity index is 145. The molecule has 2 saturated heterocycles. The normalized spacial score (nSPS) is 39.5. The Kier molecular flexibility index (Phi) is 2.33. The van der Waals surface area contributed by atoms with Crippen LogP contribution < -0.4 is 0 Å². The first-order chi connectivity index (χ1) is 5.75. The molecule has 0 aromatic rings. The van der Waals surface area contributed by atoms with E-state index in [9.17, 15) is 4.39 Å². The molecular weight excluding hydrogens is 155 g/mol. The molecule has 2 fully saturated rings. The molecule has 0 aromatic carbocycles. The molecule has 0 aliphatic carbocycles. The van der Waals surface area contributed by atoms with E-state index in [1.807, 2.05) is 0 Å². The minimum atomic E-state index is -0.559. The van der Waals surface area contributed by atoms with Crippen molar-refractivity contribution in [2.75, 3.05) is 33.2 Å². The zero-order chi connectivity index (χ0) is 8.55. The molecular formula is C9H17FN2. The maximum absolute atomic E-state index is 12.9. The highest BCUT2D eigenvalue weighted by atomic mass is 19.1. The Labute approximate surface area is 73.3 Å². The van der Waals surface area contributed by atoms with E-state index in [1.54, 1.807) is 0 Å². The summed E-state index contributed by atoms with van der Waals surface area (Å²) in [4.78, 5) is 4.64. The van der Waals surface area contributed by atoms with Crippen molar-refractivity contribution in [1.29, 1.82) is 0 Å². The molecule has 2 aliphatic rings. The summed E-state index contributed by atoms with van der Waals surface area (Å²) in [6.45, 7) is 3.96. The number of likely N-dealkylation sites (tertiary alicyclic amines) is 2. The van der Waals surface area contributed by atoms with Crippen molar-refractivity contribution in [3.8, 4) is 0 Å². The third kappa shape index (κ3) is 1.62. The van der Waals surface area contributed by atoms with Gasteiger partial charge in [0.1, 0.15) is 6.17 Å². The van der Waals surface area contributed by atoms with Crippen molar-refractivity contribution in [2.45, 2.75) is 25.1 Å². The molecule has 2 aliphatic heterocycles. The van der Waals surface area contributed by atoms with Crippen LogP contribution in [0.15, 0.2) is 0 Å². The van der Waals surface area contributed by atoms with Crippen molar-refractivity contribution in [3.63, 3.8) is 0 Å². The molecule has 2 rings (SSSR count). The summed E-state index contributed by atoms with van der Waals surface area (Å²) in [5.74, 6) is 0. The van der Waals surface area contributed by atoms with Gasteiger partial charge in [-0.1, -0.05) is 0 Å². The van der Waals surface area contributed by atoms with Gasteiger partial charge < -0.3 is 4.90 Å². The van der Waals surface area contributed by atoms with Crippen LogP contribution in [-0.4, -0.2) is 55.2 Å². The van der Waals surface area contributed by atoms with Gasteiger partial charge in [-0.05, 0) is 26.4 Å². The van der Waals surface area contributed by atoms with Crippen LogP contribution >= 0.6 is 0 Å². The number of rotatable bonds is 1. The standard InChI is InChI=1S/C9H17FN2/c1-11-4-3-9(7-11)12-5-2-8(10)6-12/h8-9H,2-7H2,1H3. The van der Waals surface area contributed by atoms with E-state index >= 15 is 0 Å². The number of likely N-dealkylation sites (N-methyl/N-ethyl adjacent to an activating group) is 1. The van der Waals surface area contributed by atoms with Gasteiger partial charge in [0.25, 0.3) is 0 Å². The van der Waals surface area contributed by atoms with Gasteiger partial charge in [0.05, 0.1) is 0 Å². The van der Waals surface area contributed by atoms with E-state index in [4.69, 9.17) is 0 Å². The number of halogens is 1. The third-order valence-corrected chi connectivity index (χ3v) is 3.05. The molecule has 70 valence electrons. The average Bonchev–Trinajstić information content (AvgIpc) is 2.58. The van der Waals surface area contributed by atoms with Crippen LogP contribution in [0, 0.1) is 0 Å². The average molecular weight is 172 g/mol. The lowest BCUT2D eigenvalue weighted by Gasteiger charge is -2.22. The Hall–Kier alpha value is -0.150. The Balaban J connectivity index is 1.85. The van der Waals surface area contributed by atoms with Crippen LogP contribution in [0.25, 0.3) is 0 Å². The smallest absolute Gasteiger partial charge is 0.114 e. The van der Waals surface area contributed by atoms with Crippen LogP contribution in [0.1, 0.15) is 12.8 Å². The lowest BCUT2D eigenvalue weighted by Crippen LogP contribution is -2.35. The van der Waals surface area contributed by atoms with E-state index in [1.165, 1.54) is 13.0 Å². The second-order valence-electron chi connectivity index (χ2n) is 4.09. The lowest BCUT2D eigenvalue weighted by atomic mass is 10.2. The fourth-order valence-corrected chi connectivity index (χ4v) is 2.28. The van der Waals surface area contributed by atoms with Gasteiger partial charge in [-0.15, -0.1) is 0 Å².